The Bertz CT molecular complexity index is 1080. The van der Waals surface area contributed by atoms with Crippen LogP contribution in [0.15, 0.2) is 54.6 Å². The summed E-state index contributed by atoms with van der Waals surface area (Å²) >= 11 is 0. The van der Waals surface area contributed by atoms with Crippen LogP contribution in [0.3, 0.4) is 0 Å². The van der Waals surface area contributed by atoms with E-state index in [-0.39, 0.29) is 23.6 Å². The molecule has 6 heteroatoms. The average molecular weight is 402 g/mol. The van der Waals surface area contributed by atoms with Crippen molar-refractivity contribution in [2.45, 2.75) is 27.7 Å². The van der Waals surface area contributed by atoms with E-state index in [1.54, 1.807) is 0 Å². The van der Waals surface area contributed by atoms with Gasteiger partial charge in [-0.15, -0.1) is 0 Å². The van der Waals surface area contributed by atoms with Gasteiger partial charge in [0.25, 0.3) is 23.6 Å². The highest BCUT2D eigenvalue weighted by Gasteiger charge is 2.27. The number of carbonyl (C=O) groups is 4. The molecule has 0 bridgehead atoms. The van der Waals surface area contributed by atoms with E-state index < -0.39 is 0 Å². The third-order valence-corrected chi connectivity index (χ3v) is 4.98. The smallest absolute Gasteiger partial charge is 0.258 e. The number of hydrogen-bond donors (Lipinski definition) is 1. The fourth-order valence-corrected chi connectivity index (χ4v) is 3.62. The van der Waals surface area contributed by atoms with E-state index in [2.05, 4.69) is 5.32 Å². The average Bonchev–Trinajstić information content (AvgIpc) is 3.17. The van der Waals surface area contributed by atoms with E-state index in [9.17, 15) is 19.2 Å². The molecule has 2 aromatic rings. The Labute approximate surface area is 174 Å². The van der Waals surface area contributed by atoms with Gasteiger partial charge in [0.1, 0.15) is 0 Å². The second kappa shape index (κ2) is 8.29. The summed E-state index contributed by atoms with van der Waals surface area (Å²) in [6.45, 7) is 7.64. The van der Waals surface area contributed by atoms with Gasteiger partial charge < -0.3 is 0 Å². The Kier molecular flexibility index (Phi) is 5.78. The molecule has 1 N–H and O–H groups in total. The molecule has 2 aliphatic heterocycles. The minimum Gasteiger partial charge on any atom is -0.289 e. The van der Waals surface area contributed by atoms with E-state index in [0.717, 1.165) is 27.8 Å². The molecular weight excluding hydrogens is 380 g/mol. The van der Waals surface area contributed by atoms with Gasteiger partial charge in [-0.2, -0.15) is 0 Å². The number of nitrogens with zero attached hydrogens (tertiary/aromatic N) is 1. The fraction of sp³-hybridized carbons (Fsp3) is 0.167. The van der Waals surface area contributed by atoms with Gasteiger partial charge in [0, 0.05) is 18.2 Å². The lowest BCUT2D eigenvalue weighted by Gasteiger charge is -2.18. The van der Waals surface area contributed by atoms with Crippen molar-refractivity contribution in [1.29, 1.82) is 0 Å². The zero-order valence-electron chi connectivity index (χ0n) is 17.3. The number of hydrogen-bond acceptors (Lipinski definition) is 4. The second-order valence-corrected chi connectivity index (χ2v) is 7.23. The highest BCUT2D eigenvalue weighted by atomic mass is 16.2. The third kappa shape index (κ3) is 3.98. The quantitative estimate of drug-likeness (QED) is 0.783. The van der Waals surface area contributed by atoms with Gasteiger partial charge in [-0.1, -0.05) is 36.4 Å². The molecule has 0 saturated heterocycles. The minimum absolute atomic E-state index is 0.266. The zero-order valence-corrected chi connectivity index (χ0v) is 17.3. The maximum Gasteiger partial charge on any atom is 0.258 e. The summed E-state index contributed by atoms with van der Waals surface area (Å²) in [6, 6.07) is 11.5. The van der Waals surface area contributed by atoms with Crippen molar-refractivity contribution in [3.05, 3.63) is 82.4 Å². The molecule has 0 radical (unpaired) electrons. The van der Waals surface area contributed by atoms with Crippen molar-refractivity contribution in [3.8, 4) is 0 Å². The van der Waals surface area contributed by atoms with Crippen LogP contribution in [0.2, 0.25) is 0 Å². The fourth-order valence-electron chi connectivity index (χ4n) is 3.62. The van der Waals surface area contributed by atoms with Crippen LogP contribution in [0.25, 0.3) is 5.57 Å². The van der Waals surface area contributed by atoms with Crippen LogP contribution in [0.5, 0.6) is 0 Å². The van der Waals surface area contributed by atoms with Gasteiger partial charge >= 0.3 is 0 Å². The van der Waals surface area contributed by atoms with E-state index in [1.807, 2.05) is 64.1 Å². The third-order valence-electron chi connectivity index (χ3n) is 4.98. The van der Waals surface area contributed by atoms with Crippen molar-refractivity contribution >= 4 is 34.9 Å². The van der Waals surface area contributed by atoms with E-state index in [0.29, 0.717) is 11.3 Å². The van der Waals surface area contributed by atoms with Gasteiger partial charge in [-0.05, 0) is 55.5 Å². The number of carbonyl (C=O) groups excluding carboxylic acids is 4. The summed E-state index contributed by atoms with van der Waals surface area (Å²) in [5, 5.41) is 2.25. The normalized spacial score (nSPS) is 15.2. The lowest BCUT2D eigenvalue weighted by atomic mass is 9.96. The zero-order chi connectivity index (χ0) is 22.0. The summed E-state index contributed by atoms with van der Waals surface area (Å²) < 4.78 is 0. The molecule has 4 amide bonds. The van der Waals surface area contributed by atoms with Crippen LogP contribution in [0.1, 0.15) is 27.8 Å². The first kappa shape index (κ1) is 20.9. The van der Waals surface area contributed by atoms with Gasteiger partial charge in [-0.25, -0.2) is 4.90 Å². The molecule has 0 aliphatic carbocycles. The molecule has 2 heterocycles. The Hall–Kier alpha value is -3.80. The molecule has 0 unspecified atom stereocenters. The van der Waals surface area contributed by atoms with Crippen molar-refractivity contribution in [3.63, 3.8) is 0 Å². The summed E-state index contributed by atoms with van der Waals surface area (Å²) in [6.07, 6.45) is 3.96. The Morgan fingerprint density at radius 2 is 1.17 bits per heavy atom. The number of para-hydroxylation sites is 1. The molecule has 0 saturated carbocycles. The summed E-state index contributed by atoms with van der Waals surface area (Å²) in [5.74, 6) is -1.18. The maximum atomic E-state index is 11.5. The van der Waals surface area contributed by atoms with Gasteiger partial charge in [-0.3, -0.25) is 24.5 Å². The molecule has 6 nitrogen and oxygen atoms in total. The maximum absolute atomic E-state index is 11.5. The first-order valence-corrected chi connectivity index (χ1v) is 9.46. The lowest BCUT2D eigenvalue weighted by Crippen LogP contribution is -2.30. The predicted molar refractivity (Wildman–Crippen MR) is 115 cm³/mol. The van der Waals surface area contributed by atoms with Crippen LogP contribution >= 0.6 is 0 Å². The second-order valence-electron chi connectivity index (χ2n) is 7.23. The molecule has 4 rings (SSSR count). The SMILES string of the molecule is Cc1cccc(C)c1C1=CC(=O)NC1=O.Cc1cccc(C)c1N1C(=O)C=CC1=O. The van der Waals surface area contributed by atoms with Crippen molar-refractivity contribution in [2.75, 3.05) is 4.90 Å². The highest BCUT2D eigenvalue weighted by Crippen LogP contribution is 2.27. The van der Waals surface area contributed by atoms with Gasteiger partial charge in [0.05, 0.1) is 11.3 Å². The monoisotopic (exact) mass is 402 g/mol. The van der Waals surface area contributed by atoms with Gasteiger partial charge in [0.15, 0.2) is 0 Å². The van der Waals surface area contributed by atoms with Crippen LogP contribution < -0.4 is 10.2 Å². The Morgan fingerprint density at radius 1 is 0.700 bits per heavy atom. The summed E-state index contributed by atoms with van der Waals surface area (Å²) in [7, 11) is 0. The topological polar surface area (TPSA) is 83.6 Å². The molecule has 2 aliphatic rings. The van der Waals surface area contributed by atoms with Crippen LogP contribution in [0.4, 0.5) is 5.69 Å². The number of imide groups is 2. The largest absolute Gasteiger partial charge is 0.289 e. The van der Waals surface area contributed by atoms with E-state index in [4.69, 9.17) is 0 Å². The Balaban J connectivity index is 0.000000171. The molecule has 0 spiro atoms. The molecule has 152 valence electrons. The molecule has 0 aromatic heterocycles. The van der Waals surface area contributed by atoms with E-state index >= 15 is 0 Å². The standard InChI is InChI=1S/2C12H11NO2/c1-8-4-3-5-9(2)12(8)13-10(14)6-7-11(13)15;1-7-4-3-5-8(2)11(7)9-6-10(14)13-12(9)15/h3-7H,1-2H3;3-6H,1-2H3,(H,13,14,15). The number of aryl methyl sites for hydroxylation is 4. The number of benzene rings is 2. The molecule has 2 aromatic carbocycles. The molecule has 30 heavy (non-hydrogen) atoms. The minimum atomic E-state index is -0.336. The first-order valence-electron chi connectivity index (χ1n) is 9.46. The summed E-state index contributed by atoms with van der Waals surface area (Å²) in [4.78, 5) is 46.8. The van der Waals surface area contributed by atoms with Crippen molar-refractivity contribution in [2.24, 2.45) is 0 Å². The summed E-state index contributed by atoms with van der Waals surface area (Å²) in [5.41, 5.74) is 5.91. The molecular formula is C24H22N2O4. The van der Waals surface area contributed by atoms with Crippen molar-refractivity contribution < 1.29 is 19.2 Å². The molecule has 0 fully saturated rings. The van der Waals surface area contributed by atoms with Crippen LogP contribution in [-0.4, -0.2) is 23.6 Å². The van der Waals surface area contributed by atoms with Crippen LogP contribution in [0, 0.1) is 27.7 Å². The first-order chi connectivity index (χ1) is 14.2. The number of amides is 4. The lowest BCUT2D eigenvalue weighted by molar-refractivity contribution is -0.123. The van der Waals surface area contributed by atoms with Crippen molar-refractivity contribution in [1.82, 2.24) is 5.32 Å². The Morgan fingerprint density at radius 3 is 1.60 bits per heavy atom. The highest BCUT2D eigenvalue weighted by molar-refractivity contribution is 6.34. The van der Waals surface area contributed by atoms with Gasteiger partial charge in [0.2, 0.25) is 0 Å². The van der Waals surface area contributed by atoms with E-state index in [1.165, 1.54) is 23.1 Å². The predicted octanol–water partition coefficient (Wildman–Crippen LogP) is 3.08. The van der Waals surface area contributed by atoms with Crippen LogP contribution in [-0.2, 0) is 19.2 Å². The molecule has 0 atom stereocenters. The number of rotatable bonds is 2. The number of nitrogens with one attached hydrogen (secondary N) is 1. The number of anilines is 1.